The van der Waals surface area contributed by atoms with Crippen LogP contribution in [-0.4, -0.2) is 29.4 Å². The van der Waals surface area contributed by atoms with Crippen molar-refractivity contribution in [3.63, 3.8) is 0 Å². The van der Waals surface area contributed by atoms with Gasteiger partial charge in [0.15, 0.2) is 0 Å². The van der Waals surface area contributed by atoms with Gasteiger partial charge in [0.2, 0.25) is 5.91 Å². The second-order valence-corrected chi connectivity index (χ2v) is 6.22. The van der Waals surface area contributed by atoms with Crippen molar-refractivity contribution in [3.8, 4) is 0 Å². The first-order valence-electron chi connectivity index (χ1n) is 8.01. The highest BCUT2D eigenvalue weighted by molar-refractivity contribution is 6.30. The monoisotopic (exact) mass is 330 g/mol. The van der Waals surface area contributed by atoms with Crippen molar-refractivity contribution in [2.75, 3.05) is 13.6 Å². The van der Waals surface area contributed by atoms with Gasteiger partial charge in [0.05, 0.1) is 5.92 Å². The van der Waals surface area contributed by atoms with Gasteiger partial charge in [0.25, 0.3) is 0 Å². The molecule has 1 aromatic carbocycles. The predicted octanol–water partition coefficient (Wildman–Crippen LogP) is 4.32. The zero-order chi connectivity index (χ0) is 16.7. The standard InChI is InChI=1S/C19H23ClN2O/c1-3-4-12-22(2)19(23)18(13-15-6-5-11-21-14-15)16-7-9-17(20)10-8-16/h5-11,14,18H,3-4,12-13H2,1-2H3. The molecule has 0 fully saturated rings. The molecule has 2 aromatic rings. The van der Waals surface area contributed by atoms with Gasteiger partial charge in [-0.05, 0) is 42.2 Å². The third kappa shape index (κ3) is 5.07. The third-order valence-corrected chi connectivity index (χ3v) is 4.21. The maximum Gasteiger partial charge on any atom is 0.230 e. The number of unbranched alkanes of at least 4 members (excludes halogenated alkanes) is 1. The summed E-state index contributed by atoms with van der Waals surface area (Å²) in [5, 5.41) is 0.681. The minimum Gasteiger partial charge on any atom is -0.345 e. The summed E-state index contributed by atoms with van der Waals surface area (Å²) in [6, 6.07) is 11.5. The van der Waals surface area contributed by atoms with Crippen LogP contribution >= 0.6 is 11.6 Å². The van der Waals surface area contributed by atoms with E-state index in [1.807, 2.05) is 54.5 Å². The highest BCUT2D eigenvalue weighted by atomic mass is 35.5. The Labute approximate surface area is 143 Å². The van der Waals surface area contributed by atoms with Crippen LogP contribution in [0, 0.1) is 0 Å². The first-order chi connectivity index (χ1) is 11.1. The fraction of sp³-hybridized carbons (Fsp3) is 0.368. The SMILES string of the molecule is CCCCN(C)C(=O)C(Cc1cccnc1)c1ccc(Cl)cc1. The quantitative estimate of drug-likeness (QED) is 0.757. The number of halogens is 1. The van der Waals surface area contributed by atoms with E-state index in [0.29, 0.717) is 11.4 Å². The van der Waals surface area contributed by atoms with Gasteiger partial charge in [0.1, 0.15) is 0 Å². The van der Waals surface area contributed by atoms with E-state index in [9.17, 15) is 4.79 Å². The highest BCUT2D eigenvalue weighted by Gasteiger charge is 2.24. The summed E-state index contributed by atoms with van der Waals surface area (Å²) >= 11 is 5.98. The first kappa shape index (κ1) is 17.5. The molecular formula is C19H23ClN2O. The molecular weight excluding hydrogens is 308 g/mol. The fourth-order valence-corrected chi connectivity index (χ4v) is 2.69. The molecule has 2 rings (SSSR count). The molecule has 4 heteroatoms. The molecule has 0 bridgehead atoms. The van der Waals surface area contributed by atoms with E-state index >= 15 is 0 Å². The molecule has 0 aliphatic rings. The Hall–Kier alpha value is -1.87. The lowest BCUT2D eigenvalue weighted by Gasteiger charge is -2.24. The molecule has 122 valence electrons. The summed E-state index contributed by atoms with van der Waals surface area (Å²) in [5.74, 6) is -0.0667. The van der Waals surface area contributed by atoms with Gasteiger partial charge in [0, 0.05) is 31.0 Å². The number of amides is 1. The molecule has 1 aromatic heterocycles. The Morgan fingerprint density at radius 1 is 1.26 bits per heavy atom. The molecule has 1 unspecified atom stereocenters. The Bertz CT molecular complexity index is 613. The van der Waals surface area contributed by atoms with Crippen molar-refractivity contribution in [2.45, 2.75) is 32.1 Å². The largest absolute Gasteiger partial charge is 0.345 e. The summed E-state index contributed by atoms with van der Waals surface area (Å²) < 4.78 is 0. The Kier molecular flexibility index (Phi) is 6.60. The van der Waals surface area contributed by atoms with Crippen LogP contribution in [0.25, 0.3) is 0 Å². The molecule has 0 spiro atoms. The number of carbonyl (C=O) groups is 1. The Morgan fingerprint density at radius 2 is 2.00 bits per heavy atom. The third-order valence-electron chi connectivity index (χ3n) is 3.96. The lowest BCUT2D eigenvalue weighted by Crippen LogP contribution is -2.33. The summed E-state index contributed by atoms with van der Waals surface area (Å²) in [4.78, 5) is 18.9. The van der Waals surface area contributed by atoms with Crippen LogP contribution < -0.4 is 0 Å². The number of pyridine rings is 1. The Morgan fingerprint density at radius 3 is 2.61 bits per heavy atom. The average molecular weight is 331 g/mol. The zero-order valence-electron chi connectivity index (χ0n) is 13.7. The molecule has 23 heavy (non-hydrogen) atoms. The van der Waals surface area contributed by atoms with E-state index in [2.05, 4.69) is 11.9 Å². The van der Waals surface area contributed by atoms with E-state index in [0.717, 1.165) is 30.5 Å². The molecule has 1 heterocycles. The first-order valence-corrected chi connectivity index (χ1v) is 8.39. The smallest absolute Gasteiger partial charge is 0.230 e. The van der Waals surface area contributed by atoms with Gasteiger partial charge in [-0.25, -0.2) is 0 Å². The molecule has 0 aliphatic carbocycles. The minimum atomic E-state index is -0.210. The van der Waals surface area contributed by atoms with Crippen molar-refractivity contribution in [1.82, 2.24) is 9.88 Å². The lowest BCUT2D eigenvalue weighted by molar-refractivity contribution is -0.131. The predicted molar refractivity (Wildman–Crippen MR) is 94.7 cm³/mol. The van der Waals surface area contributed by atoms with Crippen LogP contribution in [0.1, 0.15) is 36.8 Å². The van der Waals surface area contributed by atoms with Crippen LogP contribution in [0.4, 0.5) is 0 Å². The number of nitrogens with zero attached hydrogens (tertiary/aromatic N) is 2. The number of aromatic nitrogens is 1. The molecule has 0 radical (unpaired) electrons. The van der Waals surface area contributed by atoms with Crippen LogP contribution in [0.2, 0.25) is 5.02 Å². The van der Waals surface area contributed by atoms with Gasteiger partial charge in [-0.15, -0.1) is 0 Å². The second-order valence-electron chi connectivity index (χ2n) is 5.78. The minimum absolute atomic E-state index is 0.143. The molecule has 0 N–H and O–H groups in total. The van der Waals surface area contributed by atoms with E-state index in [1.165, 1.54) is 0 Å². The van der Waals surface area contributed by atoms with Crippen LogP contribution in [0.3, 0.4) is 0 Å². The van der Waals surface area contributed by atoms with Crippen LogP contribution in [-0.2, 0) is 11.2 Å². The van der Waals surface area contributed by atoms with Crippen molar-refractivity contribution in [1.29, 1.82) is 0 Å². The van der Waals surface area contributed by atoms with Gasteiger partial charge < -0.3 is 4.90 Å². The molecule has 0 saturated carbocycles. The maximum atomic E-state index is 12.9. The Balaban J connectivity index is 2.23. The molecule has 0 saturated heterocycles. The van der Waals surface area contributed by atoms with Gasteiger partial charge in [-0.2, -0.15) is 0 Å². The second kappa shape index (κ2) is 8.68. The van der Waals surface area contributed by atoms with E-state index < -0.39 is 0 Å². The normalized spacial score (nSPS) is 12.0. The van der Waals surface area contributed by atoms with Crippen LogP contribution in [0.5, 0.6) is 0 Å². The maximum absolute atomic E-state index is 12.9. The lowest BCUT2D eigenvalue weighted by atomic mass is 9.91. The summed E-state index contributed by atoms with van der Waals surface area (Å²) in [5.41, 5.74) is 2.05. The van der Waals surface area contributed by atoms with E-state index in [4.69, 9.17) is 11.6 Å². The van der Waals surface area contributed by atoms with Crippen molar-refractivity contribution < 1.29 is 4.79 Å². The summed E-state index contributed by atoms with van der Waals surface area (Å²) in [6.45, 7) is 2.91. The van der Waals surface area contributed by atoms with Gasteiger partial charge >= 0.3 is 0 Å². The molecule has 1 atom stereocenters. The highest BCUT2D eigenvalue weighted by Crippen LogP contribution is 2.24. The molecule has 0 aliphatic heterocycles. The number of benzene rings is 1. The molecule has 1 amide bonds. The summed E-state index contributed by atoms with van der Waals surface area (Å²) in [6.07, 6.45) is 6.30. The van der Waals surface area contributed by atoms with E-state index in [1.54, 1.807) is 6.20 Å². The van der Waals surface area contributed by atoms with Crippen molar-refractivity contribution in [3.05, 3.63) is 64.9 Å². The van der Waals surface area contributed by atoms with Crippen molar-refractivity contribution >= 4 is 17.5 Å². The molecule has 3 nitrogen and oxygen atoms in total. The van der Waals surface area contributed by atoms with Gasteiger partial charge in [-0.1, -0.05) is 43.1 Å². The number of hydrogen-bond donors (Lipinski definition) is 0. The zero-order valence-corrected chi connectivity index (χ0v) is 14.5. The topological polar surface area (TPSA) is 33.2 Å². The number of likely N-dealkylation sites (N-methyl/N-ethyl adjacent to an activating group) is 1. The number of rotatable bonds is 7. The van der Waals surface area contributed by atoms with Gasteiger partial charge in [-0.3, -0.25) is 9.78 Å². The van der Waals surface area contributed by atoms with Crippen molar-refractivity contribution in [2.24, 2.45) is 0 Å². The summed E-state index contributed by atoms with van der Waals surface area (Å²) in [7, 11) is 1.88. The van der Waals surface area contributed by atoms with E-state index in [-0.39, 0.29) is 11.8 Å². The average Bonchev–Trinajstić information content (AvgIpc) is 2.59. The van der Waals surface area contributed by atoms with Crippen LogP contribution in [0.15, 0.2) is 48.8 Å². The number of carbonyl (C=O) groups excluding carboxylic acids is 1. The number of hydrogen-bond acceptors (Lipinski definition) is 2. The fourth-order valence-electron chi connectivity index (χ4n) is 2.57.